The molecule has 2 aliphatic carbocycles. The summed E-state index contributed by atoms with van der Waals surface area (Å²) in [6, 6.07) is 8.83. The van der Waals surface area contributed by atoms with Gasteiger partial charge in [0, 0.05) is 18.3 Å². The lowest BCUT2D eigenvalue weighted by atomic mass is 9.80. The Hall–Kier alpha value is -1.89. The molecule has 2 aliphatic rings. The summed E-state index contributed by atoms with van der Waals surface area (Å²) in [7, 11) is 0. The fourth-order valence-corrected chi connectivity index (χ4v) is 3.93. The second kappa shape index (κ2) is 7.59. The van der Waals surface area contributed by atoms with Crippen molar-refractivity contribution in [1.82, 2.24) is 0 Å². The monoisotopic (exact) mass is 306 g/mol. The smallest absolute Gasteiger partial charge is 0.137 e. The summed E-state index contributed by atoms with van der Waals surface area (Å²) in [5.74, 6) is 1.49. The molecule has 120 valence electrons. The Morgan fingerprint density at radius 2 is 1.70 bits per heavy atom. The van der Waals surface area contributed by atoms with E-state index in [9.17, 15) is 4.79 Å². The van der Waals surface area contributed by atoms with Crippen molar-refractivity contribution in [3.63, 3.8) is 0 Å². The Balaban J connectivity index is 1.58. The summed E-state index contributed by atoms with van der Waals surface area (Å²) in [6.07, 6.45) is 17.9. The zero-order valence-corrected chi connectivity index (χ0v) is 13.9. The number of rotatable bonds is 5. The lowest BCUT2D eigenvalue weighted by Gasteiger charge is -2.23. The summed E-state index contributed by atoms with van der Waals surface area (Å²) < 4.78 is 0. The molecule has 1 saturated carbocycles. The Morgan fingerprint density at radius 3 is 2.39 bits per heavy atom. The molecule has 0 spiro atoms. The molecule has 1 aromatic carbocycles. The van der Waals surface area contributed by atoms with E-state index in [1.54, 1.807) is 0 Å². The molecule has 1 nitrogen and oxygen atoms in total. The molecule has 2 atom stereocenters. The maximum Gasteiger partial charge on any atom is 0.137 e. The molecular formula is C22H26O. The molecule has 0 bridgehead atoms. The van der Waals surface area contributed by atoms with Crippen LogP contribution in [0.2, 0.25) is 0 Å². The van der Waals surface area contributed by atoms with Crippen molar-refractivity contribution in [2.75, 3.05) is 0 Å². The van der Waals surface area contributed by atoms with Crippen LogP contribution in [0.3, 0.4) is 0 Å². The zero-order valence-electron chi connectivity index (χ0n) is 13.9. The van der Waals surface area contributed by atoms with Gasteiger partial charge in [0.25, 0.3) is 0 Å². The number of carbonyl (C=O) groups is 1. The van der Waals surface area contributed by atoms with E-state index >= 15 is 0 Å². The lowest BCUT2D eigenvalue weighted by molar-refractivity contribution is -0.121. The molecular weight excluding hydrogens is 280 g/mol. The number of carbonyl (C=O) groups excluding carboxylic acids is 1. The maximum absolute atomic E-state index is 12.4. The minimum Gasteiger partial charge on any atom is -0.299 e. The SMILES string of the molecule is Cc1ccc(CCC[C@@H]2CCC(=O)[C@H]2C2C=CC=CC=C2)cc1. The standard InChI is InChI=1S/C22H26O/c1-17-11-13-18(14-12-17)7-6-10-20-15-16-21(23)22(20)19-8-4-2-3-5-9-19/h2-5,8-9,11-14,19-20,22H,6-7,10,15-16H2,1H3/t20-,22+/m1/s1. The Kier molecular flexibility index (Phi) is 5.27. The summed E-state index contributed by atoms with van der Waals surface area (Å²) >= 11 is 0. The van der Waals surface area contributed by atoms with E-state index < -0.39 is 0 Å². The Labute approximate surface area is 139 Å². The van der Waals surface area contributed by atoms with Crippen molar-refractivity contribution in [3.05, 3.63) is 71.8 Å². The number of hydrogen-bond donors (Lipinski definition) is 0. The molecule has 0 radical (unpaired) electrons. The van der Waals surface area contributed by atoms with Crippen LogP contribution in [0.5, 0.6) is 0 Å². The van der Waals surface area contributed by atoms with Gasteiger partial charge < -0.3 is 0 Å². The summed E-state index contributed by atoms with van der Waals surface area (Å²) in [5.41, 5.74) is 2.73. The van der Waals surface area contributed by atoms with E-state index in [-0.39, 0.29) is 11.8 Å². The van der Waals surface area contributed by atoms with Crippen molar-refractivity contribution >= 4 is 5.78 Å². The van der Waals surface area contributed by atoms with Crippen LogP contribution in [-0.4, -0.2) is 5.78 Å². The normalized spacial score (nSPS) is 24.3. The molecule has 0 aromatic heterocycles. The van der Waals surface area contributed by atoms with E-state index in [2.05, 4.69) is 55.5 Å². The van der Waals surface area contributed by atoms with Crippen molar-refractivity contribution in [2.24, 2.45) is 17.8 Å². The average Bonchev–Trinajstić information content (AvgIpc) is 2.76. The summed E-state index contributed by atoms with van der Waals surface area (Å²) in [5, 5.41) is 0. The number of ketones is 1. The number of allylic oxidation sites excluding steroid dienone is 6. The molecule has 0 N–H and O–H groups in total. The van der Waals surface area contributed by atoms with E-state index in [0.29, 0.717) is 11.7 Å². The van der Waals surface area contributed by atoms with Crippen molar-refractivity contribution in [2.45, 2.75) is 39.0 Å². The predicted octanol–water partition coefficient (Wildman–Crippen LogP) is 5.21. The molecule has 0 amide bonds. The highest BCUT2D eigenvalue weighted by Gasteiger charge is 2.37. The zero-order chi connectivity index (χ0) is 16.1. The highest BCUT2D eigenvalue weighted by molar-refractivity contribution is 5.84. The summed E-state index contributed by atoms with van der Waals surface area (Å²) in [6.45, 7) is 2.13. The van der Waals surface area contributed by atoms with Gasteiger partial charge in [-0.2, -0.15) is 0 Å². The van der Waals surface area contributed by atoms with Gasteiger partial charge >= 0.3 is 0 Å². The third-order valence-corrected chi connectivity index (χ3v) is 5.22. The van der Waals surface area contributed by atoms with E-state index in [4.69, 9.17) is 0 Å². The first kappa shape index (κ1) is 16.0. The molecule has 1 aromatic rings. The number of hydrogen-bond acceptors (Lipinski definition) is 1. The van der Waals surface area contributed by atoms with Gasteiger partial charge in [0.1, 0.15) is 5.78 Å². The molecule has 0 unspecified atom stereocenters. The largest absolute Gasteiger partial charge is 0.299 e. The minimum atomic E-state index is 0.195. The van der Waals surface area contributed by atoms with Crippen molar-refractivity contribution in [3.8, 4) is 0 Å². The maximum atomic E-state index is 12.4. The molecule has 0 saturated heterocycles. The van der Waals surface area contributed by atoms with E-state index in [1.165, 1.54) is 17.5 Å². The highest BCUT2D eigenvalue weighted by atomic mass is 16.1. The van der Waals surface area contributed by atoms with Gasteiger partial charge in [-0.3, -0.25) is 4.79 Å². The predicted molar refractivity (Wildman–Crippen MR) is 96.2 cm³/mol. The molecule has 0 aliphatic heterocycles. The molecule has 1 heteroatoms. The van der Waals surface area contributed by atoms with Gasteiger partial charge in [0.15, 0.2) is 0 Å². The van der Waals surface area contributed by atoms with Gasteiger partial charge in [-0.1, -0.05) is 66.3 Å². The number of Topliss-reactive ketones (excluding diaryl/α,β-unsaturated/α-hetero) is 1. The molecule has 23 heavy (non-hydrogen) atoms. The second-order valence-corrected chi connectivity index (χ2v) is 6.90. The molecule has 3 rings (SSSR count). The van der Waals surface area contributed by atoms with Crippen LogP contribution in [0.4, 0.5) is 0 Å². The molecule has 0 heterocycles. The first-order valence-electron chi connectivity index (χ1n) is 8.84. The highest BCUT2D eigenvalue weighted by Crippen LogP contribution is 2.39. The Bertz CT molecular complexity index is 602. The van der Waals surface area contributed by atoms with Crippen LogP contribution in [0.1, 0.15) is 36.8 Å². The van der Waals surface area contributed by atoms with Gasteiger partial charge in [-0.05, 0) is 44.1 Å². The van der Waals surface area contributed by atoms with E-state index in [0.717, 1.165) is 25.7 Å². The van der Waals surface area contributed by atoms with Gasteiger partial charge in [0.05, 0.1) is 0 Å². The van der Waals surface area contributed by atoms with Gasteiger partial charge in [0.2, 0.25) is 0 Å². The quantitative estimate of drug-likeness (QED) is 0.729. The average molecular weight is 306 g/mol. The number of benzene rings is 1. The van der Waals surface area contributed by atoms with Crippen LogP contribution in [0, 0.1) is 24.7 Å². The van der Waals surface area contributed by atoms with Crippen LogP contribution in [0.25, 0.3) is 0 Å². The van der Waals surface area contributed by atoms with Crippen molar-refractivity contribution < 1.29 is 4.79 Å². The molecule has 1 fully saturated rings. The first-order chi connectivity index (χ1) is 11.2. The number of aryl methyl sites for hydroxylation is 2. The van der Waals surface area contributed by atoms with Gasteiger partial charge in [-0.15, -0.1) is 0 Å². The Morgan fingerprint density at radius 1 is 1.00 bits per heavy atom. The fourth-order valence-electron chi connectivity index (χ4n) is 3.93. The third-order valence-electron chi connectivity index (χ3n) is 5.22. The third kappa shape index (κ3) is 4.10. The van der Waals surface area contributed by atoms with E-state index in [1.807, 2.05) is 12.2 Å². The second-order valence-electron chi connectivity index (χ2n) is 6.90. The minimum absolute atomic E-state index is 0.195. The van der Waals surface area contributed by atoms with Crippen LogP contribution in [-0.2, 0) is 11.2 Å². The van der Waals surface area contributed by atoms with Crippen LogP contribution < -0.4 is 0 Å². The van der Waals surface area contributed by atoms with Crippen LogP contribution >= 0.6 is 0 Å². The van der Waals surface area contributed by atoms with Crippen LogP contribution in [0.15, 0.2) is 60.7 Å². The fraction of sp³-hybridized carbons (Fsp3) is 0.409. The lowest BCUT2D eigenvalue weighted by Crippen LogP contribution is -2.22. The van der Waals surface area contributed by atoms with Gasteiger partial charge in [-0.25, -0.2) is 0 Å². The summed E-state index contributed by atoms with van der Waals surface area (Å²) in [4.78, 5) is 12.4. The topological polar surface area (TPSA) is 17.1 Å². The van der Waals surface area contributed by atoms with Crippen molar-refractivity contribution in [1.29, 1.82) is 0 Å². The first-order valence-corrected chi connectivity index (χ1v) is 8.84.